The van der Waals surface area contributed by atoms with Crippen molar-refractivity contribution in [2.24, 2.45) is 0 Å². The average Bonchev–Trinajstić information content (AvgIpc) is 2.80. The molecule has 0 unspecified atom stereocenters. The van der Waals surface area contributed by atoms with Gasteiger partial charge >= 0.3 is 0 Å². The Labute approximate surface area is 174 Å². The third kappa shape index (κ3) is 4.40. The summed E-state index contributed by atoms with van der Waals surface area (Å²) < 4.78 is 0. The Morgan fingerprint density at radius 2 is 1.41 bits per heavy atom. The molecule has 0 aromatic heterocycles. The Kier molecular flexibility index (Phi) is 6.05. The number of hydrogen-bond donors (Lipinski definition) is 0. The van der Waals surface area contributed by atoms with Crippen molar-refractivity contribution < 1.29 is 4.79 Å². The standard InChI is InChI=1S/C28H28O/c29-27-18-10-11-21-28(27,26-16-8-3-9-17-26)22-25(24-14-6-2-7-15-24)20-19-23-12-4-1-5-13-23/h1-9,12-17,19-20,25H,10-11,18,21-22H2/b20-19+/t25-,28+/m0/s1. The summed E-state index contributed by atoms with van der Waals surface area (Å²) >= 11 is 0. The van der Waals surface area contributed by atoms with Crippen molar-refractivity contribution in [3.8, 4) is 0 Å². The molecule has 3 aromatic carbocycles. The van der Waals surface area contributed by atoms with Crippen LogP contribution in [0, 0.1) is 0 Å². The molecule has 29 heavy (non-hydrogen) atoms. The minimum atomic E-state index is -0.388. The lowest BCUT2D eigenvalue weighted by atomic mass is 9.63. The largest absolute Gasteiger partial charge is 0.299 e. The molecule has 0 bridgehead atoms. The lowest BCUT2D eigenvalue weighted by Crippen LogP contribution is -2.40. The van der Waals surface area contributed by atoms with Crippen molar-refractivity contribution in [1.29, 1.82) is 0 Å². The van der Waals surface area contributed by atoms with Crippen LogP contribution in [0.25, 0.3) is 6.08 Å². The van der Waals surface area contributed by atoms with E-state index in [1.807, 2.05) is 12.1 Å². The van der Waals surface area contributed by atoms with E-state index in [1.165, 1.54) is 16.7 Å². The van der Waals surface area contributed by atoms with E-state index in [0.29, 0.717) is 12.2 Å². The molecule has 0 saturated heterocycles. The van der Waals surface area contributed by atoms with Gasteiger partial charge in [0.25, 0.3) is 0 Å². The number of carbonyl (C=O) groups is 1. The topological polar surface area (TPSA) is 17.1 Å². The summed E-state index contributed by atoms with van der Waals surface area (Å²) in [5, 5.41) is 0. The van der Waals surface area contributed by atoms with Crippen LogP contribution in [0.5, 0.6) is 0 Å². The van der Waals surface area contributed by atoms with Gasteiger partial charge in [-0.05, 0) is 36.0 Å². The summed E-state index contributed by atoms with van der Waals surface area (Å²) in [6, 6.07) is 31.5. The number of carbonyl (C=O) groups excluding carboxylic acids is 1. The highest BCUT2D eigenvalue weighted by Gasteiger charge is 2.42. The molecule has 1 fully saturated rings. The number of Topliss-reactive ketones (excluding diaryl/α,β-unsaturated/α-hetero) is 1. The zero-order chi connectivity index (χ0) is 19.9. The van der Waals surface area contributed by atoms with Gasteiger partial charge in [0.1, 0.15) is 5.78 Å². The van der Waals surface area contributed by atoms with E-state index in [1.54, 1.807) is 0 Å². The first kappa shape index (κ1) is 19.4. The molecule has 1 nitrogen and oxygen atoms in total. The number of allylic oxidation sites excluding steroid dienone is 1. The van der Waals surface area contributed by atoms with Crippen molar-refractivity contribution in [3.63, 3.8) is 0 Å². The van der Waals surface area contributed by atoms with Gasteiger partial charge in [-0.15, -0.1) is 0 Å². The van der Waals surface area contributed by atoms with E-state index < -0.39 is 0 Å². The van der Waals surface area contributed by atoms with E-state index in [-0.39, 0.29) is 11.3 Å². The van der Waals surface area contributed by atoms with Gasteiger partial charge in [0.2, 0.25) is 0 Å². The minimum absolute atomic E-state index is 0.193. The van der Waals surface area contributed by atoms with Crippen LogP contribution in [0.2, 0.25) is 0 Å². The van der Waals surface area contributed by atoms with Crippen LogP contribution in [0.15, 0.2) is 97.1 Å². The normalized spacial score (nSPS) is 20.6. The zero-order valence-electron chi connectivity index (χ0n) is 16.8. The summed E-state index contributed by atoms with van der Waals surface area (Å²) in [7, 11) is 0. The zero-order valence-corrected chi connectivity index (χ0v) is 16.8. The molecule has 4 rings (SSSR count). The molecular formula is C28H28O. The highest BCUT2D eigenvalue weighted by Crippen LogP contribution is 2.44. The Bertz CT molecular complexity index is 943. The maximum absolute atomic E-state index is 13.3. The van der Waals surface area contributed by atoms with Gasteiger partial charge in [0.05, 0.1) is 5.41 Å². The van der Waals surface area contributed by atoms with E-state index in [0.717, 1.165) is 25.7 Å². The Morgan fingerprint density at radius 1 is 0.793 bits per heavy atom. The second-order valence-corrected chi connectivity index (χ2v) is 8.07. The Hall–Kier alpha value is -2.93. The van der Waals surface area contributed by atoms with Gasteiger partial charge in [-0.25, -0.2) is 0 Å². The summed E-state index contributed by atoms with van der Waals surface area (Å²) in [6.07, 6.45) is 9.08. The predicted molar refractivity (Wildman–Crippen MR) is 121 cm³/mol. The highest BCUT2D eigenvalue weighted by atomic mass is 16.1. The third-order valence-electron chi connectivity index (χ3n) is 6.23. The van der Waals surface area contributed by atoms with Gasteiger partial charge in [-0.1, -0.05) is 110 Å². The average molecular weight is 381 g/mol. The van der Waals surface area contributed by atoms with Crippen LogP contribution in [-0.2, 0) is 10.2 Å². The number of hydrogen-bond acceptors (Lipinski definition) is 1. The molecular weight excluding hydrogens is 352 g/mol. The van der Waals surface area contributed by atoms with Crippen molar-refractivity contribution in [1.82, 2.24) is 0 Å². The lowest BCUT2D eigenvalue weighted by Gasteiger charge is -2.38. The van der Waals surface area contributed by atoms with Crippen molar-refractivity contribution in [2.45, 2.75) is 43.4 Å². The molecule has 0 N–H and O–H groups in total. The second-order valence-electron chi connectivity index (χ2n) is 8.07. The van der Waals surface area contributed by atoms with E-state index in [4.69, 9.17) is 0 Å². The number of rotatable bonds is 6. The van der Waals surface area contributed by atoms with Crippen LogP contribution in [0.4, 0.5) is 0 Å². The van der Waals surface area contributed by atoms with Crippen molar-refractivity contribution in [2.75, 3.05) is 0 Å². The fraction of sp³-hybridized carbons (Fsp3) is 0.250. The van der Waals surface area contributed by atoms with Crippen molar-refractivity contribution in [3.05, 3.63) is 114 Å². The summed E-state index contributed by atoms with van der Waals surface area (Å²) in [4.78, 5) is 13.3. The molecule has 3 aromatic rings. The van der Waals surface area contributed by atoms with Crippen LogP contribution in [-0.4, -0.2) is 5.78 Å². The smallest absolute Gasteiger partial charge is 0.143 e. The number of benzene rings is 3. The molecule has 146 valence electrons. The molecule has 1 aliphatic rings. The molecule has 2 atom stereocenters. The van der Waals surface area contributed by atoms with Crippen molar-refractivity contribution >= 4 is 11.9 Å². The summed E-state index contributed by atoms with van der Waals surface area (Å²) in [6.45, 7) is 0. The van der Waals surface area contributed by atoms with Gasteiger partial charge in [0, 0.05) is 12.3 Å². The molecule has 0 heterocycles. The van der Waals surface area contributed by atoms with E-state index in [2.05, 4.69) is 91.0 Å². The minimum Gasteiger partial charge on any atom is -0.299 e. The van der Waals surface area contributed by atoms with Gasteiger partial charge in [0.15, 0.2) is 0 Å². The lowest BCUT2D eigenvalue weighted by molar-refractivity contribution is -0.127. The Morgan fingerprint density at radius 3 is 2.07 bits per heavy atom. The van der Waals surface area contributed by atoms with Crippen LogP contribution in [0.3, 0.4) is 0 Å². The SMILES string of the molecule is O=C1CCCC[C@@]1(C[C@H](/C=C/c1ccccc1)c1ccccc1)c1ccccc1. The molecule has 1 saturated carbocycles. The maximum Gasteiger partial charge on any atom is 0.143 e. The Balaban J connectivity index is 1.73. The first-order valence-corrected chi connectivity index (χ1v) is 10.6. The molecule has 0 amide bonds. The second kappa shape index (κ2) is 9.05. The predicted octanol–water partition coefficient (Wildman–Crippen LogP) is 6.95. The first-order valence-electron chi connectivity index (χ1n) is 10.6. The third-order valence-corrected chi connectivity index (χ3v) is 6.23. The summed E-state index contributed by atoms with van der Waals surface area (Å²) in [5.74, 6) is 0.600. The first-order chi connectivity index (χ1) is 14.3. The molecule has 0 spiro atoms. The summed E-state index contributed by atoms with van der Waals surface area (Å²) in [5.41, 5.74) is 3.25. The van der Waals surface area contributed by atoms with Crippen LogP contribution >= 0.6 is 0 Å². The fourth-order valence-corrected chi connectivity index (χ4v) is 4.65. The maximum atomic E-state index is 13.3. The molecule has 0 radical (unpaired) electrons. The van der Waals surface area contributed by atoms with Gasteiger partial charge in [-0.3, -0.25) is 4.79 Å². The fourth-order valence-electron chi connectivity index (χ4n) is 4.65. The van der Waals surface area contributed by atoms with Crippen LogP contribution in [0.1, 0.15) is 54.7 Å². The quantitative estimate of drug-likeness (QED) is 0.452. The molecule has 0 aliphatic heterocycles. The number of ketones is 1. The van der Waals surface area contributed by atoms with E-state index in [9.17, 15) is 4.79 Å². The van der Waals surface area contributed by atoms with E-state index >= 15 is 0 Å². The van der Waals surface area contributed by atoms with Crippen LogP contribution < -0.4 is 0 Å². The van der Waals surface area contributed by atoms with Gasteiger partial charge in [-0.2, -0.15) is 0 Å². The molecule has 1 heteroatoms. The highest BCUT2D eigenvalue weighted by molar-refractivity contribution is 5.91. The monoisotopic (exact) mass is 380 g/mol. The van der Waals surface area contributed by atoms with Gasteiger partial charge < -0.3 is 0 Å². The molecule has 1 aliphatic carbocycles.